The molecule has 3 atom stereocenters. The summed E-state index contributed by atoms with van der Waals surface area (Å²) >= 11 is 0. The second-order valence-electron chi connectivity index (χ2n) is 5.42. The van der Waals surface area contributed by atoms with Crippen LogP contribution in [0.15, 0.2) is 18.2 Å². The lowest BCUT2D eigenvalue weighted by Crippen LogP contribution is -2.36. The van der Waals surface area contributed by atoms with Gasteiger partial charge in [0.05, 0.1) is 0 Å². The van der Waals surface area contributed by atoms with Crippen LogP contribution in [-0.2, 0) is 6.42 Å². The normalized spacial score (nSPS) is 25.3. The third-order valence-corrected chi connectivity index (χ3v) is 4.26. The van der Waals surface area contributed by atoms with Crippen LogP contribution >= 0.6 is 0 Å². The summed E-state index contributed by atoms with van der Waals surface area (Å²) < 4.78 is 26.1. The Labute approximate surface area is 108 Å². The van der Waals surface area contributed by atoms with Crippen LogP contribution in [0, 0.1) is 23.5 Å². The SMILES string of the molecule is CNC(Cc1ccc(F)c(F)c1)C1CCCC1C. The predicted molar refractivity (Wildman–Crippen MR) is 69.4 cm³/mol. The van der Waals surface area contributed by atoms with Crippen LogP contribution in [0.4, 0.5) is 8.78 Å². The molecule has 2 rings (SSSR count). The molecule has 0 aromatic heterocycles. The Hall–Kier alpha value is -0.960. The van der Waals surface area contributed by atoms with Crippen LogP contribution in [0.5, 0.6) is 0 Å². The zero-order valence-corrected chi connectivity index (χ0v) is 11.0. The molecule has 1 nitrogen and oxygen atoms in total. The lowest BCUT2D eigenvalue weighted by Gasteiger charge is -2.26. The van der Waals surface area contributed by atoms with E-state index in [2.05, 4.69) is 12.2 Å². The van der Waals surface area contributed by atoms with Crippen LogP contribution < -0.4 is 5.32 Å². The van der Waals surface area contributed by atoms with Crippen molar-refractivity contribution in [2.24, 2.45) is 11.8 Å². The first kappa shape index (κ1) is 13.5. The van der Waals surface area contributed by atoms with Gasteiger partial charge in [0.25, 0.3) is 0 Å². The Morgan fingerprint density at radius 1 is 1.28 bits per heavy atom. The first-order valence-electron chi connectivity index (χ1n) is 6.73. The molecule has 0 bridgehead atoms. The third-order valence-electron chi connectivity index (χ3n) is 4.26. The van der Waals surface area contributed by atoms with E-state index >= 15 is 0 Å². The molecule has 1 aromatic carbocycles. The minimum atomic E-state index is -0.769. The molecule has 18 heavy (non-hydrogen) atoms. The fourth-order valence-corrected chi connectivity index (χ4v) is 3.16. The molecule has 0 aliphatic heterocycles. The molecule has 1 aliphatic rings. The van der Waals surface area contributed by atoms with Crippen molar-refractivity contribution < 1.29 is 8.78 Å². The quantitative estimate of drug-likeness (QED) is 0.865. The van der Waals surface area contributed by atoms with Gasteiger partial charge in [-0.3, -0.25) is 0 Å². The molecule has 1 N–H and O–H groups in total. The van der Waals surface area contributed by atoms with Crippen LogP contribution in [0.2, 0.25) is 0 Å². The first-order chi connectivity index (χ1) is 8.61. The molecule has 0 heterocycles. The molecule has 0 spiro atoms. The summed E-state index contributed by atoms with van der Waals surface area (Å²) in [5.74, 6) is -0.160. The second-order valence-corrected chi connectivity index (χ2v) is 5.42. The van der Waals surface area contributed by atoms with E-state index in [1.165, 1.54) is 31.4 Å². The minimum Gasteiger partial charge on any atom is -0.316 e. The number of hydrogen-bond donors (Lipinski definition) is 1. The summed E-state index contributed by atoms with van der Waals surface area (Å²) in [6.07, 6.45) is 4.56. The largest absolute Gasteiger partial charge is 0.316 e. The lowest BCUT2D eigenvalue weighted by molar-refractivity contribution is 0.308. The summed E-state index contributed by atoms with van der Waals surface area (Å²) in [4.78, 5) is 0. The van der Waals surface area contributed by atoms with Gasteiger partial charge in [0.1, 0.15) is 0 Å². The fourth-order valence-electron chi connectivity index (χ4n) is 3.16. The van der Waals surface area contributed by atoms with E-state index in [1.54, 1.807) is 6.07 Å². The van der Waals surface area contributed by atoms with E-state index in [0.29, 0.717) is 17.9 Å². The summed E-state index contributed by atoms with van der Waals surface area (Å²) in [5, 5.41) is 3.34. The zero-order valence-electron chi connectivity index (χ0n) is 11.0. The van der Waals surface area contributed by atoms with Crippen LogP contribution in [0.1, 0.15) is 31.7 Å². The van der Waals surface area contributed by atoms with Crippen LogP contribution in [0.25, 0.3) is 0 Å². The summed E-state index contributed by atoms with van der Waals surface area (Å²) in [7, 11) is 1.95. The summed E-state index contributed by atoms with van der Waals surface area (Å²) in [6, 6.07) is 4.57. The Morgan fingerprint density at radius 2 is 2.06 bits per heavy atom. The highest BCUT2D eigenvalue weighted by Crippen LogP contribution is 2.34. The Morgan fingerprint density at radius 3 is 2.61 bits per heavy atom. The van der Waals surface area contributed by atoms with Gasteiger partial charge < -0.3 is 5.32 Å². The van der Waals surface area contributed by atoms with E-state index in [1.807, 2.05) is 7.05 Å². The van der Waals surface area contributed by atoms with Gasteiger partial charge in [-0.05, 0) is 49.4 Å². The topological polar surface area (TPSA) is 12.0 Å². The molecule has 0 amide bonds. The van der Waals surface area contributed by atoms with Gasteiger partial charge in [0.15, 0.2) is 11.6 Å². The minimum absolute atomic E-state index is 0.354. The highest BCUT2D eigenvalue weighted by molar-refractivity contribution is 5.19. The lowest BCUT2D eigenvalue weighted by atomic mass is 9.86. The third kappa shape index (κ3) is 2.89. The van der Waals surface area contributed by atoms with E-state index < -0.39 is 11.6 Å². The maximum Gasteiger partial charge on any atom is 0.159 e. The van der Waals surface area contributed by atoms with Crippen molar-refractivity contribution in [2.75, 3.05) is 7.05 Å². The van der Waals surface area contributed by atoms with Gasteiger partial charge >= 0.3 is 0 Å². The van der Waals surface area contributed by atoms with Gasteiger partial charge in [-0.15, -0.1) is 0 Å². The highest BCUT2D eigenvalue weighted by atomic mass is 19.2. The van der Waals surface area contributed by atoms with E-state index in [0.717, 1.165) is 12.0 Å². The number of nitrogens with one attached hydrogen (secondary N) is 1. The van der Waals surface area contributed by atoms with E-state index in [4.69, 9.17) is 0 Å². The molecule has 1 saturated carbocycles. The van der Waals surface area contributed by atoms with Gasteiger partial charge in [-0.25, -0.2) is 8.78 Å². The molecule has 1 fully saturated rings. The number of rotatable bonds is 4. The van der Waals surface area contributed by atoms with Crippen molar-refractivity contribution in [3.05, 3.63) is 35.4 Å². The molecule has 100 valence electrons. The van der Waals surface area contributed by atoms with E-state index in [9.17, 15) is 8.78 Å². The van der Waals surface area contributed by atoms with Crippen LogP contribution in [0.3, 0.4) is 0 Å². The predicted octanol–water partition coefficient (Wildman–Crippen LogP) is 3.53. The standard InChI is InChI=1S/C15H21F2N/c1-10-4-3-5-12(10)15(18-2)9-11-6-7-13(16)14(17)8-11/h6-8,10,12,15,18H,3-5,9H2,1-2H3. The van der Waals surface area contributed by atoms with Gasteiger partial charge in [0.2, 0.25) is 0 Å². The average Bonchev–Trinajstić information content (AvgIpc) is 2.77. The molecular weight excluding hydrogens is 232 g/mol. The van der Waals surface area contributed by atoms with Crippen molar-refractivity contribution in [3.8, 4) is 0 Å². The number of halogens is 2. The Balaban J connectivity index is 2.07. The Bertz CT molecular complexity index is 405. The number of benzene rings is 1. The first-order valence-corrected chi connectivity index (χ1v) is 6.73. The highest BCUT2D eigenvalue weighted by Gasteiger charge is 2.30. The van der Waals surface area contributed by atoms with Gasteiger partial charge in [-0.1, -0.05) is 25.8 Å². The summed E-state index contributed by atoms with van der Waals surface area (Å²) in [6.45, 7) is 2.28. The van der Waals surface area contributed by atoms with Crippen molar-refractivity contribution in [1.82, 2.24) is 5.32 Å². The van der Waals surface area contributed by atoms with Crippen molar-refractivity contribution in [2.45, 2.75) is 38.6 Å². The van der Waals surface area contributed by atoms with E-state index in [-0.39, 0.29) is 0 Å². The monoisotopic (exact) mass is 253 g/mol. The Kier molecular flexibility index (Phi) is 4.33. The van der Waals surface area contributed by atoms with Crippen LogP contribution in [-0.4, -0.2) is 13.1 Å². The molecule has 0 radical (unpaired) electrons. The van der Waals surface area contributed by atoms with Crippen molar-refractivity contribution in [1.29, 1.82) is 0 Å². The maximum atomic E-state index is 13.2. The summed E-state index contributed by atoms with van der Waals surface area (Å²) in [5.41, 5.74) is 0.868. The molecular formula is C15H21F2N. The number of hydrogen-bond acceptors (Lipinski definition) is 1. The molecule has 1 aromatic rings. The van der Waals surface area contributed by atoms with Gasteiger partial charge in [0, 0.05) is 6.04 Å². The van der Waals surface area contributed by atoms with Crippen molar-refractivity contribution in [3.63, 3.8) is 0 Å². The van der Waals surface area contributed by atoms with Crippen molar-refractivity contribution >= 4 is 0 Å². The molecule has 0 saturated heterocycles. The maximum absolute atomic E-state index is 13.2. The second kappa shape index (κ2) is 5.79. The molecule has 3 heteroatoms. The van der Waals surface area contributed by atoms with Gasteiger partial charge in [-0.2, -0.15) is 0 Å². The fraction of sp³-hybridized carbons (Fsp3) is 0.600. The average molecular weight is 253 g/mol. The molecule has 1 aliphatic carbocycles. The zero-order chi connectivity index (χ0) is 13.1. The smallest absolute Gasteiger partial charge is 0.159 e. The number of likely N-dealkylation sites (N-methyl/N-ethyl adjacent to an activating group) is 1. The molecule has 3 unspecified atom stereocenters.